The normalized spacial score (nSPS) is 13.6. The van der Waals surface area contributed by atoms with Crippen LogP contribution in [0.2, 0.25) is 0 Å². The molecule has 2 aromatic rings. The first kappa shape index (κ1) is 22.5. The monoisotopic (exact) mass is 418 g/mol. The average molecular weight is 419 g/mol. The van der Waals surface area contributed by atoms with Gasteiger partial charge in [-0.1, -0.05) is 6.07 Å². The lowest BCUT2D eigenvalue weighted by Gasteiger charge is -2.35. The van der Waals surface area contributed by atoms with Crippen molar-refractivity contribution in [3.8, 4) is 5.75 Å². The molecule has 144 valence electrons. The second-order valence-electron chi connectivity index (χ2n) is 5.65. The molecule has 2 heterocycles. The van der Waals surface area contributed by atoms with Gasteiger partial charge in [-0.3, -0.25) is 4.79 Å². The minimum Gasteiger partial charge on any atom is -0.497 e. The van der Waals surface area contributed by atoms with Crippen molar-refractivity contribution in [3.05, 3.63) is 40.3 Å². The molecule has 1 aliphatic rings. The lowest BCUT2D eigenvalue weighted by atomic mass is 10.2. The van der Waals surface area contributed by atoms with Gasteiger partial charge in [-0.05, 0) is 18.7 Å². The van der Waals surface area contributed by atoms with Crippen molar-refractivity contribution in [3.63, 3.8) is 0 Å². The van der Waals surface area contributed by atoms with Gasteiger partial charge in [-0.2, -0.15) is 0 Å². The average Bonchev–Trinajstić information content (AvgIpc) is 3.10. The summed E-state index contributed by atoms with van der Waals surface area (Å²) in [5.74, 6) is 0.862. The number of nitrogens with two attached hydrogens (primary N) is 1. The summed E-state index contributed by atoms with van der Waals surface area (Å²) in [6.45, 7) is 3.55. The molecule has 9 heteroatoms. The predicted molar refractivity (Wildman–Crippen MR) is 110 cm³/mol. The molecule has 26 heavy (non-hydrogen) atoms. The first-order chi connectivity index (χ1) is 11.7. The van der Waals surface area contributed by atoms with E-state index in [-0.39, 0.29) is 30.7 Å². The Hall–Kier alpha value is -1.54. The molecule has 0 unspecified atom stereocenters. The maximum atomic E-state index is 12.6. The van der Waals surface area contributed by atoms with Gasteiger partial charge < -0.3 is 20.3 Å². The number of thiazole rings is 1. The van der Waals surface area contributed by atoms with Gasteiger partial charge in [-0.25, -0.2) is 4.98 Å². The van der Waals surface area contributed by atoms with Crippen molar-refractivity contribution in [1.29, 1.82) is 0 Å². The van der Waals surface area contributed by atoms with E-state index in [4.69, 9.17) is 10.5 Å². The van der Waals surface area contributed by atoms with Crippen LogP contribution in [0.3, 0.4) is 0 Å². The molecule has 0 bridgehead atoms. The van der Waals surface area contributed by atoms with Gasteiger partial charge in [0.1, 0.15) is 11.4 Å². The zero-order valence-electron chi connectivity index (χ0n) is 14.6. The number of carbonyl (C=O) groups is 1. The van der Waals surface area contributed by atoms with Crippen LogP contribution in [-0.2, 0) is 6.42 Å². The van der Waals surface area contributed by atoms with Crippen LogP contribution in [0.4, 0.5) is 5.69 Å². The Morgan fingerprint density at radius 2 is 2.00 bits per heavy atom. The Morgan fingerprint density at radius 3 is 2.65 bits per heavy atom. The number of hydrogen-bond acceptors (Lipinski definition) is 6. The van der Waals surface area contributed by atoms with E-state index in [2.05, 4.69) is 16.0 Å². The molecular weight excluding hydrogens is 395 g/mol. The van der Waals surface area contributed by atoms with Crippen LogP contribution in [0.5, 0.6) is 5.75 Å². The number of hydrogen-bond donors (Lipinski definition) is 1. The fourth-order valence-electron chi connectivity index (χ4n) is 2.78. The van der Waals surface area contributed by atoms with Crippen molar-refractivity contribution in [2.45, 2.75) is 6.42 Å². The molecule has 1 amide bonds. The zero-order chi connectivity index (χ0) is 16.9. The van der Waals surface area contributed by atoms with Crippen LogP contribution >= 0.6 is 36.2 Å². The highest BCUT2D eigenvalue weighted by Crippen LogP contribution is 2.22. The second-order valence-corrected chi connectivity index (χ2v) is 6.59. The zero-order valence-corrected chi connectivity index (χ0v) is 17.0. The number of aromatic nitrogens is 1. The quantitative estimate of drug-likeness (QED) is 0.806. The number of halogens is 2. The second kappa shape index (κ2) is 10.6. The van der Waals surface area contributed by atoms with Gasteiger partial charge in [0.25, 0.3) is 5.91 Å². The summed E-state index contributed by atoms with van der Waals surface area (Å²) in [7, 11) is 1.67. The summed E-state index contributed by atoms with van der Waals surface area (Å²) in [5, 5.41) is 2.76. The van der Waals surface area contributed by atoms with Crippen molar-refractivity contribution < 1.29 is 9.53 Å². The standard InChI is InChI=1S/C17H22N4O2S.2ClH/c1-23-14-4-2-3-13(11-14)20-7-9-21(10-8-20)17(22)15-12-24-16(19-15)5-6-18;;/h2-4,11-12H,5-10,18H2,1H3;2*1H. The number of rotatable bonds is 5. The number of ether oxygens (including phenoxy) is 1. The Morgan fingerprint density at radius 1 is 1.27 bits per heavy atom. The van der Waals surface area contributed by atoms with Crippen LogP contribution in [0, 0.1) is 0 Å². The molecule has 0 radical (unpaired) electrons. The van der Waals surface area contributed by atoms with E-state index in [0.29, 0.717) is 25.3 Å². The third-order valence-electron chi connectivity index (χ3n) is 4.11. The highest BCUT2D eigenvalue weighted by Gasteiger charge is 2.24. The first-order valence-corrected chi connectivity index (χ1v) is 8.92. The third kappa shape index (κ3) is 5.23. The molecule has 6 nitrogen and oxygen atoms in total. The van der Waals surface area contributed by atoms with Gasteiger partial charge in [0, 0.05) is 49.7 Å². The molecule has 1 fully saturated rings. The Labute approximate surface area is 170 Å². The lowest BCUT2D eigenvalue weighted by Crippen LogP contribution is -2.48. The van der Waals surface area contributed by atoms with Gasteiger partial charge in [-0.15, -0.1) is 36.2 Å². The fraction of sp³-hybridized carbons (Fsp3) is 0.412. The van der Waals surface area contributed by atoms with Crippen molar-refractivity contribution in [1.82, 2.24) is 9.88 Å². The molecule has 1 aliphatic heterocycles. The van der Waals surface area contributed by atoms with Crippen LogP contribution in [0.1, 0.15) is 15.5 Å². The van der Waals surface area contributed by atoms with E-state index in [1.807, 2.05) is 28.5 Å². The molecule has 0 atom stereocenters. The lowest BCUT2D eigenvalue weighted by molar-refractivity contribution is 0.0741. The van der Waals surface area contributed by atoms with Gasteiger partial charge in [0.05, 0.1) is 12.1 Å². The van der Waals surface area contributed by atoms with Crippen molar-refractivity contribution >= 4 is 47.7 Å². The summed E-state index contributed by atoms with van der Waals surface area (Å²) in [4.78, 5) is 21.1. The number of amides is 1. The molecule has 1 saturated heterocycles. The molecule has 3 rings (SSSR count). The van der Waals surface area contributed by atoms with Crippen LogP contribution < -0.4 is 15.4 Å². The number of carbonyl (C=O) groups excluding carboxylic acids is 1. The van der Waals surface area contributed by atoms with Gasteiger partial charge in [0.15, 0.2) is 0 Å². The Balaban J connectivity index is 0.00000169. The van der Waals surface area contributed by atoms with E-state index >= 15 is 0 Å². The summed E-state index contributed by atoms with van der Waals surface area (Å²) in [6.07, 6.45) is 0.724. The molecule has 0 aliphatic carbocycles. The topological polar surface area (TPSA) is 71.7 Å². The summed E-state index contributed by atoms with van der Waals surface area (Å²) >= 11 is 1.51. The van der Waals surface area contributed by atoms with E-state index < -0.39 is 0 Å². The Kier molecular flexibility index (Phi) is 9.15. The highest BCUT2D eigenvalue weighted by atomic mass is 35.5. The predicted octanol–water partition coefficient (Wildman–Crippen LogP) is 2.46. The maximum absolute atomic E-state index is 12.6. The minimum absolute atomic E-state index is 0. The van der Waals surface area contributed by atoms with Crippen molar-refractivity contribution in [2.24, 2.45) is 5.73 Å². The number of nitrogens with zero attached hydrogens (tertiary/aromatic N) is 3. The number of benzene rings is 1. The highest BCUT2D eigenvalue weighted by molar-refractivity contribution is 7.09. The first-order valence-electron chi connectivity index (χ1n) is 8.04. The minimum atomic E-state index is 0. The summed E-state index contributed by atoms with van der Waals surface area (Å²) in [5.41, 5.74) is 7.20. The molecule has 0 spiro atoms. The largest absolute Gasteiger partial charge is 0.497 e. The van der Waals surface area contributed by atoms with E-state index in [9.17, 15) is 4.79 Å². The van der Waals surface area contributed by atoms with Crippen molar-refractivity contribution in [2.75, 3.05) is 44.7 Å². The van der Waals surface area contributed by atoms with E-state index in [1.54, 1.807) is 7.11 Å². The number of methoxy groups -OCH3 is 1. The molecule has 0 saturated carbocycles. The van der Waals surface area contributed by atoms with Crippen LogP contribution in [0.15, 0.2) is 29.6 Å². The summed E-state index contributed by atoms with van der Waals surface area (Å²) in [6, 6.07) is 8.01. The molecule has 1 aromatic carbocycles. The summed E-state index contributed by atoms with van der Waals surface area (Å²) < 4.78 is 5.28. The third-order valence-corrected chi connectivity index (χ3v) is 5.02. The maximum Gasteiger partial charge on any atom is 0.273 e. The SMILES string of the molecule is COc1cccc(N2CCN(C(=O)c3csc(CCN)n3)CC2)c1.Cl.Cl. The Bertz CT molecular complexity index is 706. The molecular formula is C17H24Cl2N4O2S. The number of piperazine rings is 1. The van der Waals surface area contributed by atoms with Crippen LogP contribution in [-0.4, -0.2) is 55.6 Å². The fourth-order valence-corrected chi connectivity index (χ4v) is 3.57. The molecule has 1 aromatic heterocycles. The number of anilines is 1. The van der Waals surface area contributed by atoms with E-state index in [1.165, 1.54) is 11.3 Å². The molecule has 2 N–H and O–H groups in total. The van der Waals surface area contributed by atoms with E-state index in [0.717, 1.165) is 36.0 Å². The van der Waals surface area contributed by atoms with Crippen LogP contribution in [0.25, 0.3) is 0 Å². The smallest absolute Gasteiger partial charge is 0.273 e. The van der Waals surface area contributed by atoms with Gasteiger partial charge in [0.2, 0.25) is 0 Å². The van der Waals surface area contributed by atoms with Gasteiger partial charge >= 0.3 is 0 Å².